The van der Waals surface area contributed by atoms with E-state index in [0.29, 0.717) is 0 Å². The quantitative estimate of drug-likeness (QED) is 0.470. The van der Waals surface area contributed by atoms with Gasteiger partial charge in [-0.05, 0) is 0 Å². The first-order valence-corrected chi connectivity index (χ1v) is 1.28. The zero-order valence-corrected chi connectivity index (χ0v) is 2.86. The highest BCUT2D eigenvalue weighted by molar-refractivity contribution is 4.92. The van der Waals surface area contributed by atoms with E-state index in [0.717, 1.165) is 0 Å². The maximum Gasteiger partial charge on any atom is 0.255 e. The Balaban J connectivity index is 2.88. The van der Waals surface area contributed by atoms with Gasteiger partial charge >= 0.3 is 0 Å². The maximum absolute atomic E-state index is 10.8. The summed E-state index contributed by atoms with van der Waals surface area (Å²) >= 11 is 0. The molecule has 0 amide bonds. The average Bonchev–Trinajstić information content (AvgIpc) is 1.35. The van der Waals surface area contributed by atoms with Gasteiger partial charge in [-0.25, -0.2) is 8.78 Å². The van der Waals surface area contributed by atoms with E-state index in [2.05, 4.69) is 0 Å². The number of halogens is 2. The van der Waals surface area contributed by atoms with Gasteiger partial charge in [-0.1, -0.05) is 0 Å². The molecule has 0 aromatic heterocycles. The molecule has 0 aromatic carbocycles. The molecule has 0 N–H and O–H groups in total. The maximum atomic E-state index is 10.8. The molecule has 3 heteroatoms. The van der Waals surface area contributed by atoms with Crippen LogP contribution in [0.1, 0.15) is 0 Å². The van der Waals surface area contributed by atoms with E-state index >= 15 is 0 Å². The molecule has 0 unspecified atom stereocenters. The average molecular weight is 90.1 g/mol. The first-order chi connectivity index (χ1) is 2.77. The molecule has 0 atom stereocenters. The lowest BCUT2D eigenvalue weighted by atomic mass is 10.5. The minimum Gasteiger partial charge on any atom is -0.209 e. The Morgan fingerprint density at radius 1 is 1.67 bits per heavy atom. The van der Waals surface area contributed by atoms with Crippen LogP contribution in [0.2, 0.25) is 0 Å². The van der Waals surface area contributed by atoms with Crippen molar-refractivity contribution in [2.75, 3.05) is 0 Å². The van der Waals surface area contributed by atoms with E-state index in [-0.39, 0.29) is 6.42 Å². The topological polar surface area (TPSA) is 23.8 Å². The summed E-state index contributed by atoms with van der Waals surface area (Å²) < 4.78 is 21.5. The van der Waals surface area contributed by atoms with Crippen LogP contribution in [0.3, 0.4) is 0 Å². The van der Waals surface area contributed by atoms with Crippen molar-refractivity contribution in [3.8, 4) is 6.07 Å². The van der Waals surface area contributed by atoms with Gasteiger partial charge in [0.15, 0.2) is 0 Å². The number of hydrogen-bond acceptors (Lipinski definition) is 1. The van der Waals surface area contributed by atoms with E-state index in [1.165, 1.54) is 6.07 Å². The van der Waals surface area contributed by atoms with Crippen molar-refractivity contribution in [2.45, 2.75) is 6.43 Å². The van der Waals surface area contributed by atoms with Crippen LogP contribution in [0.4, 0.5) is 8.78 Å². The third kappa shape index (κ3) is 3.35. The van der Waals surface area contributed by atoms with E-state index in [9.17, 15) is 8.78 Å². The van der Waals surface area contributed by atoms with Crippen molar-refractivity contribution in [1.82, 2.24) is 0 Å². The first kappa shape index (κ1) is 5.35. The molecule has 0 aromatic rings. The minimum absolute atomic E-state index is 0.264. The monoisotopic (exact) mass is 90.0 g/mol. The van der Waals surface area contributed by atoms with Crippen LogP contribution in [-0.4, -0.2) is 6.43 Å². The fourth-order valence-electron chi connectivity index (χ4n) is 0.0563. The summed E-state index contributed by atoms with van der Waals surface area (Å²) in [7, 11) is 0. The molecule has 1 nitrogen and oxygen atoms in total. The second-order valence-electron chi connectivity index (χ2n) is 0.630. The lowest BCUT2D eigenvalue weighted by molar-refractivity contribution is 0.191. The summed E-state index contributed by atoms with van der Waals surface area (Å²) in [5.41, 5.74) is 0. The summed E-state index contributed by atoms with van der Waals surface area (Å²) in [6, 6.07) is 1.19. The molecule has 0 aliphatic rings. The standard InChI is InChI=1S/C3H2F2N/c4-3(5)1-2-6/h1,3H. The normalized spacial score (nSPS) is 8.33. The van der Waals surface area contributed by atoms with Crippen LogP contribution in [-0.2, 0) is 0 Å². The number of alkyl halides is 2. The van der Waals surface area contributed by atoms with Crippen molar-refractivity contribution >= 4 is 0 Å². The molecule has 0 aliphatic carbocycles. The Morgan fingerprint density at radius 2 is 2.17 bits per heavy atom. The second kappa shape index (κ2) is 2.58. The van der Waals surface area contributed by atoms with Crippen LogP contribution >= 0.6 is 0 Å². The molecule has 0 heterocycles. The molecule has 0 saturated heterocycles. The van der Waals surface area contributed by atoms with Crippen molar-refractivity contribution in [2.24, 2.45) is 0 Å². The van der Waals surface area contributed by atoms with Crippen LogP contribution in [0.25, 0.3) is 0 Å². The number of nitrogens with zero attached hydrogens (tertiary/aromatic N) is 1. The SMILES string of the molecule is N#C[CH]C(F)F. The van der Waals surface area contributed by atoms with Crippen molar-refractivity contribution in [1.29, 1.82) is 5.26 Å². The molecule has 1 radical (unpaired) electrons. The third-order valence-corrected chi connectivity index (χ3v) is 0.201. The van der Waals surface area contributed by atoms with Crippen molar-refractivity contribution < 1.29 is 8.78 Å². The summed E-state index contributed by atoms with van der Waals surface area (Å²) in [6.07, 6.45) is -2.32. The second-order valence-corrected chi connectivity index (χ2v) is 0.630. The summed E-state index contributed by atoms with van der Waals surface area (Å²) in [5, 5.41) is 7.45. The Labute approximate surface area is 34.2 Å². The van der Waals surface area contributed by atoms with E-state index in [1.54, 1.807) is 0 Å². The van der Waals surface area contributed by atoms with Gasteiger partial charge in [-0.15, -0.1) is 0 Å². The number of rotatable bonds is 1. The molecule has 6 heavy (non-hydrogen) atoms. The fourth-order valence-corrected chi connectivity index (χ4v) is 0.0563. The fraction of sp³-hybridized carbons (Fsp3) is 0.333. The lowest BCUT2D eigenvalue weighted by Crippen LogP contribution is -1.84. The summed E-state index contributed by atoms with van der Waals surface area (Å²) in [5.74, 6) is 0. The zero-order valence-electron chi connectivity index (χ0n) is 2.86. The highest BCUT2D eigenvalue weighted by Crippen LogP contribution is 1.92. The van der Waals surface area contributed by atoms with Gasteiger partial charge in [-0.3, -0.25) is 0 Å². The Kier molecular flexibility index (Phi) is 2.30. The molecule has 0 fully saturated rings. The zero-order chi connectivity index (χ0) is 4.99. The van der Waals surface area contributed by atoms with Crippen LogP contribution in [0, 0.1) is 17.8 Å². The summed E-state index contributed by atoms with van der Waals surface area (Å²) in [6.45, 7) is 0. The summed E-state index contributed by atoms with van der Waals surface area (Å²) in [4.78, 5) is 0. The number of hydrogen-bond donors (Lipinski definition) is 0. The number of nitriles is 1. The van der Waals surface area contributed by atoms with E-state index in [1.807, 2.05) is 0 Å². The van der Waals surface area contributed by atoms with Crippen LogP contribution < -0.4 is 0 Å². The molecule has 0 bridgehead atoms. The Hall–Kier alpha value is -0.650. The van der Waals surface area contributed by atoms with Crippen LogP contribution in [0.5, 0.6) is 0 Å². The highest BCUT2D eigenvalue weighted by Gasteiger charge is 1.97. The van der Waals surface area contributed by atoms with E-state index < -0.39 is 6.43 Å². The highest BCUT2D eigenvalue weighted by atomic mass is 19.3. The van der Waals surface area contributed by atoms with Gasteiger partial charge in [0.05, 0.1) is 6.07 Å². The third-order valence-electron chi connectivity index (χ3n) is 0.201. The predicted octanol–water partition coefficient (Wildman–Crippen LogP) is 0.979. The van der Waals surface area contributed by atoms with Gasteiger partial charge in [0.2, 0.25) is 0 Å². The smallest absolute Gasteiger partial charge is 0.209 e. The molecule has 0 saturated carbocycles. The predicted molar refractivity (Wildman–Crippen MR) is 15.9 cm³/mol. The van der Waals surface area contributed by atoms with Gasteiger partial charge < -0.3 is 0 Å². The molecule has 0 rings (SSSR count). The van der Waals surface area contributed by atoms with Gasteiger partial charge in [0.25, 0.3) is 6.43 Å². The van der Waals surface area contributed by atoms with Gasteiger partial charge in [-0.2, -0.15) is 5.26 Å². The molecular formula is C3H2F2N. The molecule has 33 valence electrons. The van der Waals surface area contributed by atoms with E-state index in [4.69, 9.17) is 5.26 Å². The van der Waals surface area contributed by atoms with Gasteiger partial charge in [0, 0.05) is 0 Å². The first-order valence-electron chi connectivity index (χ1n) is 1.28. The molecule has 0 spiro atoms. The Morgan fingerprint density at radius 3 is 2.17 bits per heavy atom. The molecule has 0 aliphatic heterocycles. The minimum atomic E-state index is -2.59. The van der Waals surface area contributed by atoms with Crippen molar-refractivity contribution in [3.05, 3.63) is 6.42 Å². The largest absolute Gasteiger partial charge is 0.255 e. The van der Waals surface area contributed by atoms with Crippen molar-refractivity contribution in [3.63, 3.8) is 0 Å². The lowest BCUT2D eigenvalue weighted by Gasteiger charge is -1.78. The van der Waals surface area contributed by atoms with Crippen LogP contribution in [0.15, 0.2) is 0 Å². The Bertz CT molecular complexity index is 63.7. The van der Waals surface area contributed by atoms with Gasteiger partial charge in [0.1, 0.15) is 6.42 Å². The molecular weight excluding hydrogens is 88.0 g/mol.